The van der Waals surface area contributed by atoms with Gasteiger partial charge in [0.25, 0.3) is 0 Å². The average molecular weight is 499 g/mol. The van der Waals surface area contributed by atoms with Crippen molar-refractivity contribution in [3.05, 3.63) is 11.6 Å². The molecule has 1 saturated heterocycles. The summed E-state index contributed by atoms with van der Waals surface area (Å²) in [5.41, 5.74) is 0.0344. The van der Waals surface area contributed by atoms with Gasteiger partial charge in [0.05, 0.1) is 24.7 Å². The third kappa shape index (κ3) is 4.47. The third-order valence-corrected chi connectivity index (χ3v) is 10.0. The zero-order valence-electron chi connectivity index (χ0n) is 21.0. The fourth-order valence-corrected chi connectivity index (χ4v) is 7.57. The summed E-state index contributed by atoms with van der Waals surface area (Å²) in [4.78, 5) is 12.2. The van der Waals surface area contributed by atoms with Crippen LogP contribution in [0.15, 0.2) is 11.6 Å². The van der Waals surface area contributed by atoms with Gasteiger partial charge in [0.1, 0.15) is 24.4 Å². The van der Waals surface area contributed by atoms with Gasteiger partial charge in [-0.2, -0.15) is 0 Å². The number of allylic oxidation sites excluding steroid dienone is 2. The van der Waals surface area contributed by atoms with E-state index in [-0.39, 0.29) is 17.9 Å². The van der Waals surface area contributed by atoms with Crippen molar-refractivity contribution in [1.82, 2.24) is 0 Å². The second kappa shape index (κ2) is 9.67. The van der Waals surface area contributed by atoms with E-state index in [1.807, 2.05) is 13.8 Å². The fourth-order valence-electron chi connectivity index (χ4n) is 7.57. The van der Waals surface area contributed by atoms with E-state index < -0.39 is 60.2 Å². The van der Waals surface area contributed by atoms with Gasteiger partial charge in [-0.15, -0.1) is 0 Å². The highest BCUT2D eigenvalue weighted by Gasteiger charge is 2.58. The van der Waals surface area contributed by atoms with Gasteiger partial charge in [-0.3, -0.25) is 4.79 Å². The van der Waals surface area contributed by atoms with Crippen LogP contribution >= 0.6 is 0 Å². The molecule has 4 rings (SSSR count). The van der Waals surface area contributed by atoms with Gasteiger partial charge in [-0.1, -0.05) is 31.9 Å². The molecule has 0 radical (unpaired) electrons. The van der Waals surface area contributed by atoms with Crippen LogP contribution in [0.4, 0.5) is 0 Å². The Morgan fingerprint density at radius 2 is 1.86 bits per heavy atom. The monoisotopic (exact) mass is 498 g/mol. The highest BCUT2D eigenvalue weighted by atomic mass is 16.7. The Balaban J connectivity index is 1.44. The molecule has 4 aliphatic rings. The van der Waals surface area contributed by atoms with Crippen LogP contribution in [-0.4, -0.2) is 86.6 Å². The first-order valence-corrected chi connectivity index (χ1v) is 12.9. The first kappa shape index (κ1) is 27.0. The number of hydrogen-bond acceptors (Lipinski definition) is 8. The Kier molecular flexibility index (Phi) is 7.45. The van der Waals surface area contributed by atoms with Gasteiger partial charge in [0.15, 0.2) is 6.29 Å². The summed E-state index contributed by atoms with van der Waals surface area (Å²) in [6.45, 7) is 5.51. The van der Waals surface area contributed by atoms with Crippen LogP contribution < -0.4 is 0 Å². The highest BCUT2D eigenvalue weighted by molar-refractivity contribution is 5.75. The van der Waals surface area contributed by atoms with Crippen molar-refractivity contribution in [2.24, 2.45) is 28.1 Å². The predicted molar refractivity (Wildman–Crippen MR) is 125 cm³/mol. The minimum Gasteiger partial charge on any atom is -0.481 e. The third-order valence-electron chi connectivity index (χ3n) is 10.0. The number of carboxylic acid groups (broad SMARTS) is 1. The summed E-state index contributed by atoms with van der Waals surface area (Å²) in [5, 5.41) is 60.6. The van der Waals surface area contributed by atoms with Crippen LogP contribution in [0.1, 0.15) is 65.7 Å². The van der Waals surface area contributed by atoms with E-state index in [0.717, 1.165) is 32.1 Å². The summed E-state index contributed by atoms with van der Waals surface area (Å²) in [5.74, 6) is -0.308. The van der Waals surface area contributed by atoms with Crippen molar-refractivity contribution >= 4 is 5.97 Å². The summed E-state index contributed by atoms with van der Waals surface area (Å²) >= 11 is 0. The lowest BCUT2D eigenvalue weighted by Gasteiger charge is -2.59. The van der Waals surface area contributed by atoms with E-state index in [0.29, 0.717) is 18.8 Å². The van der Waals surface area contributed by atoms with Crippen LogP contribution in [0.2, 0.25) is 0 Å². The number of carbonyl (C=O) groups is 1. The lowest BCUT2D eigenvalue weighted by molar-refractivity contribution is -0.306. The van der Waals surface area contributed by atoms with Crippen molar-refractivity contribution in [1.29, 1.82) is 0 Å². The molecular formula is C26H42O9. The number of carboxylic acids is 1. The van der Waals surface area contributed by atoms with E-state index in [1.54, 1.807) is 0 Å². The number of hydrogen-bond donors (Lipinski definition) is 6. The van der Waals surface area contributed by atoms with E-state index in [9.17, 15) is 35.4 Å². The molecule has 0 aromatic heterocycles. The van der Waals surface area contributed by atoms with E-state index >= 15 is 0 Å². The Bertz CT molecular complexity index is 830. The number of aliphatic hydroxyl groups is 5. The van der Waals surface area contributed by atoms with Crippen LogP contribution in [0.5, 0.6) is 0 Å². The van der Waals surface area contributed by atoms with Gasteiger partial charge >= 0.3 is 5.97 Å². The van der Waals surface area contributed by atoms with Crippen molar-refractivity contribution < 1.29 is 44.9 Å². The lowest BCUT2D eigenvalue weighted by Crippen LogP contribution is -2.59. The molecule has 9 heteroatoms. The first-order chi connectivity index (χ1) is 16.4. The minimum atomic E-state index is -1.53. The highest BCUT2D eigenvalue weighted by Crippen LogP contribution is 2.64. The molecule has 0 spiro atoms. The number of aliphatic hydroxyl groups excluding tert-OH is 5. The summed E-state index contributed by atoms with van der Waals surface area (Å²) < 4.78 is 11.0. The molecule has 1 heterocycles. The maximum atomic E-state index is 12.2. The topological polar surface area (TPSA) is 157 Å². The maximum absolute atomic E-state index is 12.2. The molecule has 2 saturated carbocycles. The summed E-state index contributed by atoms with van der Waals surface area (Å²) in [6, 6.07) is 0. The molecule has 6 N–H and O–H groups in total. The Morgan fingerprint density at radius 1 is 1.14 bits per heavy atom. The van der Waals surface area contributed by atoms with E-state index in [2.05, 4.69) is 13.0 Å². The van der Waals surface area contributed by atoms with E-state index in [1.165, 1.54) is 5.57 Å². The molecule has 0 amide bonds. The summed E-state index contributed by atoms with van der Waals surface area (Å²) in [6.07, 6.45) is 0.198. The Labute approximate surface area is 206 Å². The molecule has 35 heavy (non-hydrogen) atoms. The fraction of sp³-hybridized carbons (Fsp3) is 0.885. The predicted octanol–water partition coefficient (Wildman–Crippen LogP) is 1.20. The molecule has 1 aliphatic heterocycles. The zero-order chi connectivity index (χ0) is 25.8. The van der Waals surface area contributed by atoms with Gasteiger partial charge in [0.2, 0.25) is 0 Å². The maximum Gasteiger partial charge on any atom is 0.309 e. The molecule has 11 atom stereocenters. The summed E-state index contributed by atoms with van der Waals surface area (Å²) in [7, 11) is 0. The van der Waals surface area contributed by atoms with Crippen molar-refractivity contribution in [3.8, 4) is 0 Å². The molecular weight excluding hydrogens is 456 g/mol. The molecule has 0 bridgehead atoms. The Hall–Kier alpha value is -1.07. The molecule has 3 fully saturated rings. The number of fused-ring (bicyclic) bond motifs is 3. The first-order valence-electron chi connectivity index (χ1n) is 12.9. The number of ether oxygens (including phenoxy) is 2. The normalized spacial score (nSPS) is 48.9. The standard InChI is InChI=1S/C26H42O9/c1-24(18(28)13-34-22-21(31)20(30)19(29)16(12-27)35-22)10-7-15-14(11-24)5-6-17-25(15,2)8-4-9-26(17,3)23(32)33/h5,15-22,27-31H,4,6-13H2,1-3H3,(H,32,33)/t15-,16+,17+,18?,19+,20-,21-,22-,24-,25+,26-/m0/s1. The molecule has 0 aromatic rings. The SMILES string of the molecule is C[C@]1(C(O)CO[C@H]2O[C@H](CO)[C@@H](O)[C@H](O)[C@@H]2O)CC[C@H]2C(=CC[C@@H]3[C@]2(C)CCC[C@]3(C)C(=O)O)C1. The van der Waals surface area contributed by atoms with Gasteiger partial charge in [-0.05, 0) is 68.1 Å². The zero-order valence-corrected chi connectivity index (χ0v) is 21.0. The molecule has 200 valence electrons. The molecule has 1 unspecified atom stereocenters. The molecule has 3 aliphatic carbocycles. The minimum absolute atomic E-state index is 0.0748. The van der Waals surface area contributed by atoms with Gasteiger partial charge in [0, 0.05) is 0 Å². The van der Waals surface area contributed by atoms with Gasteiger partial charge in [-0.25, -0.2) is 0 Å². The molecule has 0 aromatic carbocycles. The second-order valence-electron chi connectivity index (χ2n) is 12.1. The second-order valence-corrected chi connectivity index (χ2v) is 12.1. The lowest BCUT2D eigenvalue weighted by atomic mass is 9.45. The Morgan fingerprint density at radius 3 is 2.51 bits per heavy atom. The van der Waals surface area contributed by atoms with Crippen LogP contribution in [0, 0.1) is 28.1 Å². The molecule has 9 nitrogen and oxygen atoms in total. The largest absolute Gasteiger partial charge is 0.481 e. The average Bonchev–Trinajstić information content (AvgIpc) is 2.81. The van der Waals surface area contributed by atoms with Crippen LogP contribution in [0.25, 0.3) is 0 Å². The number of aliphatic carboxylic acids is 1. The van der Waals surface area contributed by atoms with Crippen molar-refractivity contribution in [2.45, 2.75) is 103 Å². The quantitative estimate of drug-likeness (QED) is 0.296. The van der Waals surface area contributed by atoms with Crippen molar-refractivity contribution in [3.63, 3.8) is 0 Å². The van der Waals surface area contributed by atoms with Crippen LogP contribution in [0.3, 0.4) is 0 Å². The van der Waals surface area contributed by atoms with Crippen LogP contribution in [-0.2, 0) is 14.3 Å². The smallest absolute Gasteiger partial charge is 0.309 e. The van der Waals surface area contributed by atoms with Crippen molar-refractivity contribution in [2.75, 3.05) is 13.2 Å². The van der Waals surface area contributed by atoms with E-state index in [4.69, 9.17) is 9.47 Å². The number of rotatable bonds is 6. The van der Waals surface area contributed by atoms with Gasteiger partial charge < -0.3 is 40.1 Å².